The van der Waals surface area contributed by atoms with Gasteiger partial charge in [-0.3, -0.25) is 0 Å². The highest BCUT2D eigenvalue weighted by Gasteiger charge is 2.28. The highest BCUT2D eigenvalue weighted by Crippen LogP contribution is 2.36. The van der Waals surface area contributed by atoms with E-state index in [1.165, 1.54) is 0 Å². The minimum Gasteiger partial charge on any atom is -0.457 e. The van der Waals surface area contributed by atoms with Gasteiger partial charge in [-0.1, -0.05) is 29.8 Å². The van der Waals surface area contributed by atoms with E-state index in [1.807, 2.05) is 37.3 Å². The van der Waals surface area contributed by atoms with Crippen molar-refractivity contribution in [2.45, 2.75) is 6.92 Å². The number of cyclic esters (lactones) is 2. The molecule has 3 aromatic carbocycles. The van der Waals surface area contributed by atoms with E-state index in [0.29, 0.717) is 33.4 Å². The normalized spacial score (nSPS) is 13.1. The highest BCUT2D eigenvalue weighted by molar-refractivity contribution is 6.21. The van der Waals surface area contributed by atoms with E-state index >= 15 is 0 Å². The largest absolute Gasteiger partial charge is 0.457 e. The number of carbonyl (C=O) groups excluding carboxylic acids is 2. The molecule has 23 heavy (non-hydrogen) atoms. The van der Waals surface area contributed by atoms with Crippen molar-refractivity contribution in [2.24, 2.45) is 0 Å². The molecule has 1 heterocycles. The van der Waals surface area contributed by atoms with E-state index in [-0.39, 0.29) is 0 Å². The number of ether oxygens (including phenoxy) is 2. The first-order chi connectivity index (χ1) is 11.1. The van der Waals surface area contributed by atoms with Crippen molar-refractivity contribution < 1.29 is 19.1 Å². The van der Waals surface area contributed by atoms with Crippen molar-refractivity contribution in [1.82, 2.24) is 0 Å². The van der Waals surface area contributed by atoms with Crippen LogP contribution in [0.15, 0.2) is 54.6 Å². The van der Waals surface area contributed by atoms with Gasteiger partial charge in [0.1, 0.15) is 11.5 Å². The summed E-state index contributed by atoms with van der Waals surface area (Å²) in [6, 6.07) is 16.3. The molecule has 0 unspecified atom stereocenters. The maximum Gasteiger partial charge on any atom is 0.346 e. The summed E-state index contributed by atoms with van der Waals surface area (Å²) in [5.74, 6) is 0.0409. The summed E-state index contributed by atoms with van der Waals surface area (Å²) < 4.78 is 10.7. The predicted octanol–water partition coefficient (Wildman–Crippen LogP) is 4.25. The number of rotatable bonds is 2. The Kier molecular flexibility index (Phi) is 2.91. The van der Waals surface area contributed by atoms with Gasteiger partial charge in [0.05, 0.1) is 11.1 Å². The van der Waals surface area contributed by atoms with Gasteiger partial charge in [-0.2, -0.15) is 0 Å². The molecule has 0 bridgehead atoms. The third kappa shape index (κ3) is 2.16. The fraction of sp³-hybridized carbons (Fsp3) is 0.0526. The monoisotopic (exact) mass is 304 g/mol. The molecule has 0 spiro atoms. The van der Waals surface area contributed by atoms with E-state index in [1.54, 1.807) is 24.3 Å². The minimum atomic E-state index is -0.624. The Morgan fingerprint density at radius 1 is 0.826 bits per heavy atom. The molecule has 0 saturated carbocycles. The van der Waals surface area contributed by atoms with E-state index in [0.717, 1.165) is 5.56 Å². The Labute approximate surface area is 132 Å². The first-order valence-electron chi connectivity index (χ1n) is 7.20. The molecule has 0 fully saturated rings. The number of hydrogen-bond acceptors (Lipinski definition) is 4. The first kappa shape index (κ1) is 13.5. The molecule has 0 saturated heterocycles. The fourth-order valence-electron chi connectivity index (χ4n) is 2.74. The molecule has 1 aliphatic heterocycles. The lowest BCUT2D eigenvalue weighted by Gasteiger charge is -2.17. The molecule has 0 aliphatic carbocycles. The van der Waals surface area contributed by atoms with Crippen molar-refractivity contribution in [3.05, 3.63) is 71.3 Å². The van der Waals surface area contributed by atoms with Crippen molar-refractivity contribution in [3.63, 3.8) is 0 Å². The van der Waals surface area contributed by atoms with Crippen molar-refractivity contribution in [3.8, 4) is 11.5 Å². The summed E-state index contributed by atoms with van der Waals surface area (Å²) >= 11 is 0. The number of benzene rings is 3. The Hall–Kier alpha value is -3.14. The number of carbonyl (C=O) groups is 2. The Morgan fingerprint density at radius 2 is 1.52 bits per heavy atom. The Bertz CT molecular complexity index is 935. The Balaban J connectivity index is 1.90. The summed E-state index contributed by atoms with van der Waals surface area (Å²) in [4.78, 5) is 23.8. The van der Waals surface area contributed by atoms with E-state index in [4.69, 9.17) is 9.47 Å². The molecule has 4 heteroatoms. The van der Waals surface area contributed by atoms with Gasteiger partial charge in [0.25, 0.3) is 0 Å². The molecule has 4 rings (SSSR count). The van der Waals surface area contributed by atoms with Crippen LogP contribution >= 0.6 is 0 Å². The number of esters is 2. The zero-order valence-electron chi connectivity index (χ0n) is 12.3. The summed E-state index contributed by atoms with van der Waals surface area (Å²) in [5.41, 5.74) is 1.90. The lowest BCUT2D eigenvalue weighted by molar-refractivity contribution is 0.0391. The highest BCUT2D eigenvalue weighted by atomic mass is 16.6. The smallest absolute Gasteiger partial charge is 0.346 e. The molecular formula is C19H12O4. The van der Waals surface area contributed by atoms with Crippen LogP contribution in [-0.2, 0) is 4.74 Å². The zero-order valence-corrected chi connectivity index (χ0v) is 12.3. The standard InChI is InChI=1S/C19H12O4/c1-11-5-7-12(8-6-11)22-16-10-9-15-17-13(16)3-2-4-14(17)18(20)23-19(15)21/h2-10H,1H3. The van der Waals surface area contributed by atoms with Gasteiger partial charge < -0.3 is 9.47 Å². The molecular weight excluding hydrogens is 292 g/mol. The number of aryl methyl sites for hydroxylation is 1. The molecule has 112 valence electrons. The topological polar surface area (TPSA) is 52.6 Å². The average Bonchev–Trinajstić information content (AvgIpc) is 2.55. The van der Waals surface area contributed by atoms with E-state index in [9.17, 15) is 9.59 Å². The SMILES string of the molecule is Cc1ccc(Oc2ccc3c4c(cccc24)C(=O)OC3=O)cc1. The summed E-state index contributed by atoms with van der Waals surface area (Å²) in [7, 11) is 0. The molecule has 1 aliphatic rings. The van der Waals surface area contributed by atoms with E-state index in [2.05, 4.69) is 0 Å². The van der Waals surface area contributed by atoms with Crippen molar-refractivity contribution >= 4 is 22.7 Å². The molecule has 3 aromatic rings. The van der Waals surface area contributed by atoms with Crippen LogP contribution in [0.2, 0.25) is 0 Å². The van der Waals surface area contributed by atoms with Gasteiger partial charge in [0.2, 0.25) is 0 Å². The third-order valence-electron chi connectivity index (χ3n) is 3.87. The van der Waals surface area contributed by atoms with Gasteiger partial charge in [-0.05, 0) is 37.3 Å². The van der Waals surface area contributed by atoms with Gasteiger partial charge in [-0.25, -0.2) is 9.59 Å². The second-order valence-electron chi connectivity index (χ2n) is 5.43. The maximum absolute atomic E-state index is 11.9. The third-order valence-corrected chi connectivity index (χ3v) is 3.87. The summed E-state index contributed by atoms with van der Waals surface area (Å²) in [5, 5.41) is 1.30. The average molecular weight is 304 g/mol. The van der Waals surface area contributed by atoms with Crippen molar-refractivity contribution in [1.29, 1.82) is 0 Å². The van der Waals surface area contributed by atoms with Gasteiger partial charge in [0, 0.05) is 10.8 Å². The van der Waals surface area contributed by atoms with Crippen LogP contribution in [0.1, 0.15) is 26.3 Å². The van der Waals surface area contributed by atoms with Crippen LogP contribution in [0, 0.1) is 6.92 Å². The quantitative estimate of drug-likeness (QED) is 0.524. The Morgan fingerprint density at radius 3 is 2.26 bits per heavy atom. The van der Waals surface area contributed by atoms with Crippen LogP contribution in [0.25, 0.3) is 10.8 Å². The van der Waals surface area contributed by atoms with Gasteiger partial charge in [0.15, 0.2) is 0 Å². The van der Waals surface area contributed by atoms with Crippen LogP contribution in [0.5, 0.6) is 11.5 Å². The second-order valence-corrected chi connectivity index (χ2v) is 5.43. The van der Waals surface area contributed by atoms with Gasteiger partial charge in [-0.15, -0.1) is 0 Å². The maximum atomic E-state index is 11.9. The lowest BCUT2D eigenvalue weighted by atomic mass is 9.96. The fourth-order valence-corrected chi connectivity index (χ4v) is 2.74. The van der Waals surface area contributed by atoms with E-state index < -0.39 is 11.9 Å². The van der Waals surface area contributed by atoms with Crippen molar-refractivity contribution in [2.75, 3.05) is 0 Å². The molecule has 0 N–H and O–H groups in total. The molecule has 4 nitrogen and oxygen atoms in total. The lowest BCUT2D eigenvalue weighted by Crippen LogP contribution is -2.19. The van der Waals surface area contributed by atoms with Crippen LogP contribution in [0.4, 0.5) is 0 Å². The zero-order chi connectivity index (χ0) is 16.0. The van der Waals surface area contributed by atoms with Crippen LogP contribution < -0.4 is 4.74 Å². The minimum absolute atomic E-state index is 0.381. The van der Waals surface area contributed by atoms with Crippen LogP contribution in [-0.4, -0.2) is 11.9 Å². The summed E-state index contributed by atoms with van der Waals surface area (Å²) in [6.45, 7) is 2.00. The second kappa shape index (κ2) is 4.95. The summed E-state index contributed by atoms with van der Waals surface area (Å²) in [6.07, 6.45) is 0. The van der Waals surface area contributed by atoms with Crippen LogP contribution in [0.3, 0.4) is 0 Å². The molecule has 0 atom stereocenters. The molecule has 0 aromatic heterocycles. The number of hydrogen-bond donors (Lipinski definition) is 0. The first-order valence-corrected chi connectivity index (χ1v) is 7.20. The molecule has 0 radical (unpaired) electrons. The predicted molar refractivity (Wildman–Crippen MR) is 84.9 cm³/mol. The molecule has 0 amide bonds. The van der Waals surface area contributed by atoms with Gasteiger partial charge >= 0.3 is 11.9 Å².